The van der Waals surface area contributed by atoms with Crippen molar-refractivity contribution in [2.45, 2.75) is 13.8 Å². The Morgan fingerprint density at radius 2 is 1.94 bits per heavy atom. The third-order valence-electron chi connectivity index (χ3n) is 2.97. The van der Waals surface area contributed by atoms with Crippen LogP contribution in [0, 0.1) is 13.8 Å². The second-order valence-electron chi connectivity index (χ2n) is 4.31. The van der Waals surface area contributed by atoms with Crippen LogP contribution in [0.2, 0.25) is 0 Å². The smallest absolute Gasteiger partial charge is 0.314 e. The molecule has 0 saturated carbocycles. The Bertz CT molecular complexity index is 442. The normalized spacial score (nSPS) is 15.6. The van der Waals surface area contributed by atoms with Gasteiger partial charge in [-0.2, -0.15) is 5.10 Å². The highest BCUT2D eigenvalue weighted by Crippen LogP contribution is 2.15. The molecular formula is C11H17N5O2. The number of aryl methyl sites for hydroxylation is 2. The zero-order chi connectivity index (χ0) is 13.1. The molecule has 0 aromatic carbocycles. The van der Waals surface area contributed by atoms with E-state index < -0.39 is 11.8 Å². The first kappa shape index (κ1) is 12.6. The first-order valence-electron chi connectivity index (χ1n) is 5.92. The molecule has 1 aromatic heterocycles. The van der Waals surface area contributed by atoms with Crippen molar-refractivity contribution in [3.05, 3.63) is 11.4 Å². The third-order valence-corrected chi connectivity index (χ3v) is 2.97. The van der Waals surface area contributed by atoms with Crippen LogP contribution in [0.1, 0.15) is 11.4 Å². The Morgan fingerprint density at radius 3 is 2.50 bits per heavy atom. The fraction of sp³-hybridized carbons (Fsp3) is 0.545. The van der Waals surface area contributed by atoms with E-state index in [2.05, 4.69) is 20.8 Å². The highest BCUT2D eigenvalue weighted by atomic mass is 16.2. The second-order valence-corrected chi connectivity index (χ2v) is 4.31. The summed E-state index contributed by atoms with van der Waals surface area (Å²) in [5.41, 5.74) is 2.01. The molecule has 0 aliphatic carbocycles. The van der Waals surface area contributed by atoms with Crippen molar-refractivity contribution in [1.29, 1.82) is 0 Å². The van der Waals surface area contributed by atoms with E-state index in [1.807, 2.05) is 0 Å². The molecule has 1 aromatic rings. The van der Waals surface area contributed by atoms with Gasteiger partial charge >= 0.3 is 11.8 Å². The molecule has 3 N–H and O–H groups in total. The summed E-state index contributed by atoms with van der Waals surface area (Å²) in [6.07, 6.45) is 0. The minimum atomic E-state index is -0.607. The molecule has 0 spiro atoms. The summed E-state index contributed by atoms with van der Waals surface area (Å²) in [5.74, 6) is -1.10. The van der Waals surface area contributed by atoms with Crippen LogP contribution < -0.4 is 10.6 Å². The average molecular weight is 251 g/mol. The van der Waals surface area contributed by atoms with Gasteiger partial charge in [0.2, 0.25) is 0 Å². The molecule has 98 valence electrons. The van der Waals surface area contributed by atoms with E-state index in [9.17, 15) is 9.59 Å². The van der Waals surface area contributed by atoms with Crippen LogP contribution in [0.3, 0.4) is 0 Å². The van der Waals surface area contributed by atoms with Gasteiger partial charge in [-0.05, 0) is 13.8 Å². The number of amides is 2. The van der Waals surface area contributed by atoms with Crippen LogP contribution in [-0.2, 0) is 9.59 Å². The van der Waals surface area contributed by atoms with Crippen molar-refractivity contribution < 1.29 is 9.59 Å². The molecule has 2 heterocycles. The summed E-state index contributed by atoms with van der Waals surface area (Å²) >= 11 is 0. The SMILES string of the molecule is Cc1n[nH]c(C)c1NC(=O)C(=O)N1CCNCC1. The minimum Gasteiger partial charge on any atom is -0.332 e. The molecule has 1 fully saturated rings. The molecular weight excluding hydrogens is 234 g/mol. The Morgan fingerprint density at radius 1 is 1.28 bits per heavy atom. The number of piperazine rings is 1. The Kier molecular flexibility index (Phi) is 3.61. The summed E-state index contributed by atoms with van der Waals surface area (Å²) in [6, 6.07) is 0. The first-order valence-corrected chi connectivity index (χ1v) is 5.92. The topological polar surface area (TPSA) is 90.1 Å². The number of rotatable bonds is 1. The van der Waals surface area contributed by atoms with E-state index >= 15 is 0 Å². The molecule has 0 atom stereocenters. The standard InChI is InChI=1S/C11H17N5O2/c1-7-9(8(2)15-14-7)13-10(17)11(18)16-5-3-12-4-6-16/h12H,3-6H2,1-2H3,(H,13,17)(H,14,15). The number of carbonyl (C=O) groups excluding carboxylic acids is 2. The Balaban J connectivity index is 2.01. The number of H-pyrrole nitrogens is 1. The van der Waals surface area contributed by atoms with E-state index in [-0.39, 0.29) is 0 Å². The number of carbonyl (C=O) groups is 2. The second kappa shape index (κ2) is 5.18. The zero-order valence-corrected chi connectivity index (χ0v) is 10.5. The van der Waals surface area contributed by atoms with Gasteiger partial charge in [0, 0.05) is 26.2 Å². The molecule has 1 saturated heterocycles. The largest absolute Gasteiger partial charge is 0.332 e. The van der Waals surface area contributed by atoms with Crippen molar-refractivity contribution in [1.82, 2.24) is 20.4 Å². The lowest BCUT2D eigenvalue weighted by molar-refractivity contribution is -0.143. The first-order chi connectivity index (χ1) is 8.59. The van der Waals surface area contributed by atoms with Gasteiger partial charge in [-0.3, -0.25) is 14.7 Å². The predicted molar refractivity (Wildman–Crippen MR) is 66.1 cm³/mol. The molecule has 0 radical (unpaired) electrons. The fourth-order valence-corrected chi connectivity index (χ4v) is 1.91. The van der Waals surface area contributed by atoms with E-state index in [1.54, 1.807) is 18.7 Å². The highest BCUT2D eigenvalue weighted by molar-refractivity contribution is 6.39. The molecule has 2 amide bonds. The van der Waals surface area contributed by atoms with Gasteiger partial charge in [-0.15, -0.1) is 0 Å². The lowest BCUT2D eigenvalue weighted by Gasteiger charge is -2.26. The summed E-state index contributed by atoms with van der Waals surface area (Å²) in [6.45, 7) is 6.15. The van der Waals surface area contributed by atoms with Crippen LogP contribution in [0.25, 0.3) is 0 Å². The number of hydrogen-bond donors (Lipinski definition) is 3. The summed E-state index contributed by atoms with van der Waals surface area (Å²) in [4.78, 5) is 25.3. The van der Waals surface area contributed by atoms with Gasteiger partial charge < -0.3 is 15.5 Å². The summed E-state index contributed by atoms with van der Waals surface area (Å²) in [5, 5.41) is 12.5. The van der Waals surface area contributed by atoms with Crippen LogP contribution in [0.15, 0.2) is 0 Å². The highest BCUT2D eigenvalue weighted by Gasteiger charge is 2.24. The molecule has 7 heteroatoms. The zero-order valence-electron chi connectivity index (χ0n) is 10.5. The van der Waals surface area contributed by atoms with E-state index in [1.165, 1.54) is 0 Å². The summed E-state index contributed by atoms with van der Waals surface area (Å²) in [7, 11) is 0. The molecule has 2 rings (SSSR count). The lowest BCUT2D eigenvalue weighted by Crippen LogP contribution is -2.49. The fourth-order valence-electron chi connectivity index (χ4n) is 1.91. The number of nitrogens with zero attached hydrogens (tertiary/aromatic N) is 2. The average Bonchev–Trinajstić information content (AvgIpc) is 2.70. The van der Waals surface area contributed by atoms with Crippen LogP contribution in [-0.4, -0.2) is 53.1 Å². The predicted octanol–water partition coefficient (Wildman–Crippen LogP) is -0.603. The van der Waals surface area contributed by atoms with Gasteiger partial charge in [0.25, 0.3) is 0 Å². The van der Waals surface area contributed by atoms with Gasteiger partial charge in [0.05, 0.1) is 17.1 Å². The molecule has 0 unspecified atom stereocenters. The number of anilines is 1. The van der Waals surface area contributed by atoms with Crippen molar-refractivity contribution in [3.8, 4) is 0 Å². The van der Waals surface area contributed by atoms with Crippen molar-refractivity contribution in [2.24, 2.45) is 0 Å². The van der Waals surface area contributed by atoms with E-state index in [0.29, 0.717) is 24.5 Å². The van der Waals surface area contributed by atoms with Crippen LogP contribution in [0.5, 0.6) is 0 Å². The van der Waals surface area contributed by atoms with E-state index in [0.717, 1.165) is 18.8 Å². The van der Waals surface area contributed by atoms with Crippen molar-refractivity contribution in [2.75, 3.05) is 31.5 Å². The quantitative estimate of drug-likeness (QED) is 0.581. The van der Waals surface area contributed by atoms with Gasteiger partial charge in [0.1, 0.15) is 0 Å². The maximum absolute atomic E-state index is 11.9. The molecule has 7 nitrogen and oxygen atoms in total. The Labute approximate surface area is 105 Å². The third kappa shape index (κ3) is 2.51. The number of aromatic amines is 1. The molecule has 18 heavy (non-hydrogen) atoms. The maximum atomic E-state index is 11.9. The molecule has 0 bridgehead atoms. The number of hydrogen-bond acceptors (Lipinski definition) is 4. The minimum absolute atomic E-state index is 0.489. The maximum Gasteiger partial charge on any atom is 0.314 e. The number of aromatic nitrogens is 2. The molecule has 1 aliphatic heterocycles. The van der Waals surface area contributed by atoms with Gasteiger partial charge in [-0.1, -0.05) is 0 Å². The van der Waals surface area contributed by atoms with Crippen LogP contribution >= 0.6 is 0 Å². The van der Waals surface area contributed by atoms with E-state index in [4.69, 9.17) is 0 Å². The lowest BCUT2D eigenvalue weighted by atomic mass is 10.3. The van der Waals surface area contributed by atoms with Gasteiger partial charge in [0.15, 0.2) is 0 Å². The Hall–Kier alpha value is -1.89. The van der Waals surface area contributed by atoms with Crippen molar-refractivity contribution in [3.63, 3.8) is 0 Å². The monoisotopic (exact) mass is 251 g/mol. The van der Waals surface area contributed by atoms with Crippen LogP contribution in [0.4, 0.5) is 5.69 Å². The summed E-state index contributed by atoms with van der Waals surface area (Å²) < 4.78 is 0. The number of nitrogens with one attached hydrogen (secondary N) is 3. The van der Waals surface area contributed by atoms with Crippen molar-refractivity contribution >= 4 is 17.5 Å². The van der Waals surface area contributed by atoms with Gasteiger partial charge in [-0.25, -0.2) is 0 Å². The molecule has 1 aliphatic rings.